The smallest absolute Gasteiger partial charge is 0.238 e. The quantitative estimate of drug-likeness (QED) is 0.727. The van der Waals surface area contributed by atoms with Gasteiger partial charge in [-0.3, -0.25) is 4.79 Å². The van der Waals surface area contributed by atoms with E-state index in [0.29, 0.717) is 12.5 Å². The summed E-state index contributed by atoms with van der Waals surface area (Å²) in [6.07, 6.45) is 4.36. The molecule has 0 aromatic heterocycles. The zero-order valence-corrected chi connectivity index (χ0v) is 11.3. The predicted octanol–water partition coefficient (Wildman–Crippen LogP) is -0.0746. The van der Waals surface area contributed by atoms with Gasteiger partial charge in [0, 0.05) is 12.8 Å². The fourth-order valence-corrected chi connectivity index (χ4v) is 2.38. The van der Waals surface area contributed by atoms with Gasteiger partial charge < -0.3 is 10.6 Å². The van der Waals surface area contributed by atoms with Crippen molar-refractivity contribution in [1.29, 1.82) is 0 Å². The van der Waals surface area contributed by atoms with Crippen molar-refractivity contribution >= 4 is 15.7 Å². The molecule has 2 unspecified atom stereocenters. The van der Waals surface area contributed by atoms with Crippen LogP contribution in [0.2, 0.25) is 0 Å². The van der Waals surface area contributed by atoms with Crippen LogP contribution < -0.4 is 10.6 Å². The van der Waals surface area contributed by atoms with Crippen molar-refractivity contribution in [3.63, 3.8) is 0 Å². The number of nitrogens with one attached hydrogen (secondary N) is 2. The maximum Gasteiger partial charge on any atom is 0.238 e. The van der Waals surface area contributed by atoms with E-state index in [-0.39, 0.29) is 0 Å². The Balaban J connectivity index is 2.24. The molecule has 1 amide bonds. The predicted molar refractivity (Wildman–Crippen MR) is 67.5 cm³/mol. The SMILES string of the molecule is CC(C(=O)NCCC1CCCNC1)S(C)(=O)=O. The second-order valence-corrected chi connectivity index (χ2v) is 7.13. The largest absolute Gasteiger partial charge is 0.355 e. The van der Waals surface area contributed by atoms with Crippen LogP contribution in [0.1, 0.15) is 26.2 Å². The van der Waals surface area contributed by atoms with Crippen LogP contribution in [-0.4, -0.2) is 45.5 Å². The zero-order valence-electron chi connectivity index (χ0n) is 10.5. The van der Waals surface area contributed by atoms with Crippen molar-refractivity contribution in [2.75, 3.05) is 25.9 Å². The second-order valence-electron chi connectivity index (χ2n) is 4.76. The van der Waals surface area contributed by atoms with Crippen LogP contribution in [0.15, 0.2) is 0 Å². The Morgan fingerprint density at radius 1 is 1.53 bits per heavy atom. The van der Waals surface area contributed by atoms with Gasteiger partial charge in [0.05, 0.1) is 0 Å². The number of amides is 1. The molecular formula is C11H22N2O3S. The van der Waals surface area contributed by atoms with Crippen LogP contribution in [0.25, 0.3) is 0 Å². The summed E-state index contributed by atoms with van der Waals surface area (Å²) in [7, 11) is -3.28. The topological polar surface area (TPSA) is 75.3 Å². The Kier molecular flexibility index (Phi) is 5.39. The molecule has 1 saturated heterocycles. The average Bonchev–Trinajstić information content (AvgIpc) is 2.28. The molecule has 1 aliphatic rings. The molecular weight excluding hydrogens is 240 g/mol. The van der Waals surface area contributed by atoms with Crippen molar-refractivity contribution in [1.82, 2.24) is 10.6 Å². The third kappa shape index (κ3) is 5.04. The summed E-state index contributed by atoms with van der Waals surface area (Å²) in [6.45, 7) is 4.06. The lowest BCUT2D eigenvalue weighted by atomic mass is 9.96. The van der Waals surface area contributed by atoms with Gasteiger partial charge in [-0.2, -0.15) is 0 Å². The lowest BCUT2D eigenvalue weighted by Gasteiger charge is -2.22. The highest BCUT2D eigenvalue weighted by Crippen LogP contribution is 2.12. The second kappa shape index (κ2) is 6.35. The molecule has 0 aliphatic carbocycles. The molecule has 1 fully saturated rings. The molecule has 0 spiro atoms. The number of hydrogen-bond acceptors (Lipinski definition) is 4. The number of hydrogen-bond donors (Lipinski definition) is 2. The molecule has 2 N–H and O–H groups in total. The normalized spacial score (nSPS) is 23.1. The molecule has 5 nitrogen and oxygen atoms in total. The molecule has 100 valence electrons. The van der Waals surface area contributed by atoms with Gasteiger partial charge in [0.1, 0.15) is 5.25 Å². The summed E-state index contributed by atoms with van der Waals surface area (Å²) in [5.41, 5.74) is 0. The third-order valence-electron chi connectivity index (χ3n) is 3.26. The van der Waals surface area contributed by atoms with Gasteiger partial charge in [-0.05, 0) is 45.2 Å². The summed E-state index contributed by atoms with van der Waals surface area (Å²) >= 11 is 0. The highest BCUT2D eigenvalue weighted by atomic mass is 32.2. The fourth-order valence-electron chi connectivity index (χ4n) is 1.91. The number of carbonyl (C=O) groups is 1. The van der Waals surface area contributed by atoms with E-state index in [1.165, 1.54) is 19.8 Å². The van der Waals surface area contributed by atoms with Crippen LogP contribution in [0.4, 0.5) is 0 Å². The van der Waals surface area contributed by atoms with Crippen LogP contribution in [-0.2, 0) is 14.6 Å². The third-order valence-corrected chi connectivity index (χ3v) is 4.76. The van der Waals surface area contributed by atoms with E-state index in [4.69, 9.17) is 0 Å². The van der Waals surface area contributed by atoms with E-state index < -0.39 is 21.0 Å². The fraction of sp³-hybridized carbons (Fsp3) is 0.909. The first-order valence-corrected chi connectivity index (χ1v) is 8.04. The van der Waals surface area contributed by atoms with Crippen LogP contribution >= 0.6 is 0 Å². The monoisotopic (exact) mass is 262 g/mol. The molecule has 0 radical (unpaired) electrons. The van der Waals surface area contributed by atoms with Gasteiger partial charge in [-0.15, -0.1) is 0 Å². The number of carbonyl (C=O) groups excluding carboxylic acids is 1. The number of sulfone groups is 1. The molecule has 0 saturated carbocycles. The maximum absolute atomic E-state index is 11.5. The van der Waals surface area contributed by atoms with Gasteiger partial charge >= 0.3 is 0 Å². The van der Waals surface area contributed by atoms with Crippen LogP contribution in [0.5, 0.6) is 0 Å². The molecule has 1 aliphatic heterocycles. The molecule has 17 heavy (non-hydrogen) atoms. The first kappa shape index (κ1) is 14.4. The molecule has 0 aromatic carbocycles. The Morgan fingerprint density at radius 3 is 2.76 bits per heavy atom. The van der Waals surface area contributed by atoms with E-state index in [9.17, 15) is 13.2 Å². The molecule has 1 heterocycles. The van der Waals surface area contributed by atoms with E-state index >= 15 is 0 Å². The van der Waals surface area contributed by atoms with Gasteiger partial charge in [0.2, 0.25) is 5.91 Å². The van der Waals surface area contributed by atoms with Gasteiger partial charge in [-0.1, -0.05) is 0 Å². The van der Waals surface area contributed by atoms with Crippen molar-refractivity contribution in [2.24, 2.45) is 5.92 Å². The van der Waals surface area contributed by atoms with E-state index in [1.807, 2.05) is 0 Å². The van der Waals surface area contributed by atoms with E-state index in [2.05, 4.69) is 10.6 Å². The van der Waals surface area contributed by atoms with Crippen molar-refractivity contribution in [2.45, 2.75) is 31.4 Å². The lowest BCUT2D eigenvalue weighted by Crippen LogP contribution is -2.39. The Hall–Kier alpha value is -0.620. The first-order valence-electron chi connectivity index (χ1n) is 6.08. The number of rotatable bonds is 5. The maximum atomic E-state index is 11.5. The summed E-state index contributed by atoms with van der Waals surface area (Å²) in [5, 5.41) is 5.05. The van der Waals surface area contributed by atoms with Crippen LogP contribution in [0.3, 0.4) is 0 Å². The van der Waals surface area contributed by atoms with Gasteiger partial charge in [-0.25, -0.2) is 8.42 Å². The molecule has 1 rings (SSSR count). The minimum Gasteiger partial charge on any atom is -0.355 e. The van der Waals surface area contributed by atoms with Crippen molar-refractivity contribution < 1.29 is 13.2 Å². The zero-order chi connectivity index (χ0) is 12.9. The summed E-state index contributed by atoms with van der Waals surface area (Å²) in [5.74, 6) is 0.203. The average molecular weight is 262 g/mol. The first-order chi connectivity index (χ1) is 7.91. The number of piperidine rings is 1. The van der Waals surface area contributed by atoms with E-state index in [1.54, 1.807) is 0 Å². The summed E-state index contributed by atoms with van der Waals surface area (Å²) in [6, 6.07) is 0. The van der Waals surface area contributed by atoms with Gasteiger partial charge in [0.25, 0.3) is 0 Å². The minimum atomic E-state index is -3.28. The molecule has 0 aromatic rings. The highest BCUT2D eigenvalue weighted by molar-refractivity contribution is 7.92. The van der Waals surface area contributed by atoms with Crippen molar-refractivity contribution in [3.8, 4) is 0 Å². The van der Waals surface area contributed by atoms with Crippen LogP contribution in [0, 0.1) is 5.92 Å². The van der Waals surface area contributed by atoms with Crippen molar-refractivity contribution in [3.05, 3.63) is 0 Å². The van der Waals surface area contributed by atoms with Gasteiger partial charge in [0.15, 0.2) is 9.84 Å². The Labute approximate surface area is 103 Å². The molecule has 2 atom stereocenters. The molecule has 6 heteroatoms. The Morgan fingerprint density at radius 2 is 2.24 bits per heavy atom. The standard InChI is InChI=1S/C11H22N2O3S/c1-9(17(2,15)16)11(14)13-7-5-10-4-3-6-12-8-10/h9-10,12H,3-8H2,1-2H3,(H,13,14). The summed E-state index contributed by atoms with van der Waals surface area (Å²) < 4.78 is 22.3. The highest BCUT2D eigenvalue weighted by Gasteiger charge is 2.23. The van der Waals surface area contributed by atoms with E-state index in [0.717, 1.165) is 25.8 Å². The molecule has 0 bridgehead atoms. The Bertz CT molecular complexity index is 348. The summed E-state index contributed by atoms with van der Waals surface area (Å²) in [4.78, 5) is 11.5. The minimum absolute atomic E-state index is 0.392. The lowest BCUT2D eigenvalue weighted by molar-refractivity contribution is -0.120.